The lowest BCUT2D eigenvalue weighted by Crippen LogP contribution is -2.59. The number of halogens is 1. The molecular weight excluding hydrogens is 301 g/mol. The first kappa shape index (κ1) is 15.8. The molecular formula is C12H16FN3O4S. The Labute approximate surface area is 122 Å². The molecule has 0 amide bonds. The van der Waals surface area contributed by atoms with Gasteiger partial charge in [-0.15, -0.1) is 0 Å². The Morgan fingerprint density at radius 1 is 1.38 bits per heavy atom. The fraction of sp³-hybridized carbons (Fsp3) is 0.500. The van der Waals surface area contributed by atoms with Crippen LogP contribution in [0.15, 0.2) is 17.0 Å². The highest BCUT2D eigenvalue weighted by Gasteiger charge is 2.38. The molecule has 0 saturated carbocycles. The smallest absolute Gasteiger partial charge is 0.276 e. The Hall–Kier alpha value is -1.58. The van der Waals surface area contributed by atoms with E-state index in [2.05, 4.69) is 0 Å². The minimum Gasteiger partial charge on any atom is -0.304 e. The van der Waals surface area contributed by atoms with Gasteiger partial charge < -0.3 is 4.90 Å². The SMILES string of the molecule is Cc1c(F)cc(S(=O)(=O)N2CC(N(C)C)C2)cc1[N+](=O)[O-]. The number of benzene rings is 1. The molecule has 1 aromatic carbocycles. The molecule has 1 heterocycles. The summed E-state index contributed by atoms with van der Waals surface area (Å²) in [4.78, 5) is 11.6. The highest BCUT2D eigenvalue weighted by molar-refractivity contribution is 7.89. The van der Waals surface area contributed by atoms with E-state index < -0.39 is 26.5 Å². The van der Waals surface area contributed by atoms with Crippen molar-refractivity contribution >= 4 is 15.7 Å². The standard InChI is InChI=1S/C12H16FN3O4S/c1-8-11(13)4-10(5-12(8)16(17)18)21(19,20)15-6-9(7-15)14(2)3/h4-5,9H,6-7H2,1-3H3. The lowest BCUT2D eigenvalue weighted by Gasteiger charge is -2.41. The molecule has 1 saturated heterocycles. The van der Waals surface area contributed by atoms with Crippen molar-refractivity contribution in [3.63, 3.8) is 0 Å². The molecule has 1 aromatic rings. The second kappa shape index (κ2) is 5.32. The minimum atomic E-state index is -3.90. The zero-order valence-electron chi connectivity index (χ0n) is 11.9. The Kier molecular flexibility index (Phi) is 4.00. The summed E-state index contributed by atoms with van der Waals surface area (Å²) in [7, 11) is -0.225. The number of nitro benzene ring substituents is 1. The molecule has 0 N–H and O–H groups in total. The monoisotopic (exact) mass is 317 g/mol. The molecule has 1 aliphatic rings. The van der Waals surface area contributed by atoms with Crippen LogP contribution in [0, 0.1) is 22.9 Å². The minimum absolute atomic E-state index is 0.102. The van der Waals surface area contributed by atoms with Crippen molar-refractivity contribution < 1.29 is 17.7 Å². The Morgan fingerprint density at radius 3 is 2.43 bits per heavy atom. The van der Waals surface area contributed by atoms with Crippen LogP contribution in [-0.4, -0.2) is 55.8 Å². The van der Waals surface area contributed by atoms with Crippen molar-refractivity contribution in [2.75, 3.05) is 27.2 Å². The normalized spacial score (nSPS) is 17.0. The molecule has 1 aliphatic heterocycles. The van der Waals surface area contributed by atoms with E-state index in [1.54, 1.807) is 0 Å². The van der Waals surface area contributed by atoms with Crippen LogP contribution >= 0.6 is 0 Å². The summed E-state index contributed by atoms with van der Waals surface area (Å²) < 4.78 is 39.6. The summed E-state index contributed by atoms with van der Waals surface area (Å²) in [6, 6.07) is 1.85. The maximum Gasteiger partial charge on any atom is 0.276 e. The van der Waals surface area contributed by atoms with E-state index in [-0.39, 0.29) is 16.5 Å². The predicted molar refractivity (Wildman–Crippen MR) is 74.0 cm³/mol. The van der Waals surface area contributed by atoms with Gasteiger partial charge in [-0.2, -0.15) is 4.31 Å². The maximum absolute atomic E-state index is 13.7. The van der Waals surface area contributed by atoms with Gasteiger partial charge in [0.05, 0.1) is 15.4 Å². The largest absolute Gasteiger partial charge is 0.304 e. The fourth-order valence-electron chi connectivity index (χ4n) is 2.07. The van der Waals surface area contributed by atoms with Gasteiger partial charge in [0.1, 0.15) is 5.82 Å². The highest BCUT2D eigenvalue weighted by atomic mass is 32.2. The summed E-state index contributed by atoms with van der Waals surface area (Å²) in [6.45, 7) is 1.83. The first-order valence-electron chi connectivity index (χ1n) is 6.25. The summed E-state index contributed by atoms with van der Waals surface area (Å²) in [5.41, 5.74) is -0.702. The first-order valence-corrected chi connectivity index (χ1v) is 7.69. The topological polar surface area (TPSA) is 83.8 Å². The molecule has 9 heteroatoms. The molecule has 0 unspecified atom stereocenters. The van der Waals surface area contributed by atoms with Crippen LogP contribution in [-0.2, 0) is 10.0 Å². The predicted octanol–water partition coefficient (Wildman–Crippen LogP) is 0.977. The highest BCUT2D eigenvalue weighted by Crippen LogP contribution is 2.29. The molecule has 0 bridgehead atoms. The number of hydrogen-bond donors (Lipinski definition) is 0. The maximum atomic E-state index is 13.7. The van der Waals surface area contributed by atoms with Crippen LogP contribution in [0.3, 0.4) is 0 Å². The van der Waals surface area contributed by atoms with Gasteiger partial charge >= 0.3 is 0 Å². The van der Waals surface area contributed by atoms with Gasteiger partial charge in [0.25, 0.3) is 5.69 Å². The van der Waals surface area contributed by atoms with Crippen LogP contribution in [0.1, 0.15) is 5.56 Å². The van der Waals surface area contributed by atoms with E-state index in [0.717, 1.165) is 12.1 Å². The van der Waals surface area contributed by atoms with E-state index in [4.69, 9.17) is 0 Å². The first-order chi connectivity index (χ1) is 9.64. The molecule has 0 spiro atoms. The van der Waals surface area contributed by atoms with Gasteiger partial charge in [-0.25, -0.2) is 12.8 Å². The molecule has 0 aliphatic carbocycles. The molecule has 1 fully saturated rings. The zero-order valence-corrected chi connectivity index (χ0v) is 12.7. The molecule has 7 nitrogen and oxygen atoms in total. The average molecular weight is 317 g/mol. The molecule has 0 atom stereocenters. The van der Waals surface area contributed by atoms with Crippen LogP contribution in [0.5, 0.6) is 0 Å². The molecule has 21 heavy (non-hydrogen) atoms. The number of rotatable bonds is 4. The van der Waals surface area contributed by atoms with E-state index in [1.165, 1.54) is 11.2 Å². The van der Waals surface area contributed by atoms with Gasteiger partial charge in [0, 0.05) is 25.2 Å². The van der Waals surface area contributed by atoms with Crippen LogP contribution in [0.4, 0.5) is 10.1 Å². The Bertz CT molecular complexity index is 684. The van der Waals surface area contributed by atoms with Crippen molar-refractivity contribution in [3.8, 4) is 0 Å². The van der Waals surface area contributed by atoms with Gasteiger partial charge in [-0.05, 0) is 27.1 Å². The summed E-state index contributed by atoms with van der Waals surface area (Å²) in [5.74, 6) is -0.896. The van der Waals surface area contributed by atoms with Gasteiger partial charge in [0.15, 0.2) is 0 Å². The van der Waals surface area contributed by atoms with Crippen LogP contribution < -0.4 is 0 Å². The molecule has 0 aromatic heterocycles. The van der Waals surface area contributed by atoms with Gasteiger partial charge in [-0.3, -0.25) is 10.1 Å². The summed E-state index contributed by atoms with van der Waals surface area (Å²) >= 11 is 0. The third-order valence-electron chi connectivity index (χ3n) is 3.68. The number of nitro groups is 1. The van der Waals surface area contributed by atoms with E-state index in [1.807, 2.05) is 19.0 Å². The number of sulfonamides is 1. The van der Waals surface area contributed by atoms with E-state index in [0.29, 0.717) is 13.1 Å². The number of nitrogens with zero attached hydrogens (tertiary/aromatic N) is 3. The van der Waals surface area contributed by atoms with Crippen LogP contribution in [0.2, 0.25) is 0 Å². The molecule has 0 radical (unpaired) electrons. The zero-order chi connectivity index (χ0) is 15.9. The van der Waals surface area contributed by atoms with Crippen molar-refractivity contribution in [2.24, 2.45) is 0 Å². The lowest BCUT2D eigenvalue weighted by atomic mass is 10.2. The van der Waals surface area contributed by atoms with Crippen LogP contribution in [0.25, 0.3) is 0 Å². The summed E-state index contributed by atoms with van der Waals surface area (Å²) in [5, 5.41) is 10.9. The lowest BCUT2D eigenvalue weighted by molar-refractivity contribution is -0.385. The number of hydrogen-bond acceptors (Lipinski definition) is 5. The molecule has 116 valence electrons. The van der Waals surface area contributed by atoms with Gasteiger partial charge in [-0.1, -0.05) is 0 Å². The molecule has 2 rings (SSSR count). The van der Waals surface area contributed by atoms with Crippen molar-refractivity contribution in [1.29, 1.82) is 0 Å². The van der Waals surface area contributed by atoms with Crippen molar-refractivity contribution in [3.05, 3.63) is 33.6 Å². The quantitative estimate of drug-likeness (QED) is 0.610. The Balaban J connectivity index is 2.36. The fourth-order valence-corrected chi connectivity index (χ4v) is 3.62. The average Bonchev–Trinajstić information content (AvgIpc) is 2.28. The van der Waals surface area contributed by atoms with E-state index in [9.17, 15) is 22.9 Å². The van der Waals surface area contributed by atoms with Crippen molar-refractivity contribution in [2.45, 2.75) is 17.9 Å². The van der Waals surface area contributed by atoms with Gasteiger partial charge in [0.2, 0.25) is 10.0 Å². The van der Waals surface area contributed by atoms with E-state index >= 15 is 0 Å². The number of likely N-dealkylation sites (N-methyl/N-ethyl adjacent to an activating group) is 1. The second-order valence-electron chi connectivity index (χ2n) is 5.25. The summed E-state index contributed by atoms with van der Waals surface area (Å²) in [6.07, 6.45) is 0. The third kappa shape index (κ3) is 2.76. The van der Waals surface area contributed by atoms with Crippen molar-refractivity contribution in [1.82, 2.24) is 9.21 Å². The second-order valence-corrected chi connectivity index (χ2v) is 7.18. The third-order valence-corrected chi connectivity index (χ3v) is 5.49. The Morgan fingerprint density at radius 2 is 1.95 bits per heavy atom.